The van der Waals surface area contributed by atoms with Crippen LogP contribution in [0.3, 0.4) is 0 Å². The Labute approximate surface area is 212 Å². The van der Waals surface area contributed by atoms with E-state index in [2.05, 4.69) is 26.0 Å². The highest BCUT2D eigenvalue weighted by Crippen LogP contribution is 2.37. The number of amides is 2. The third-order valence-corrected chi connectivity index (χ3v) is 6.31. The van der Waals surface area contributed by atoms with Crippen molar-refractivity contribution in [2.75, 3.05) is 54.7 Å². The van der Waals surface area contributed by atoms with Crippen molar-refractivity contribution in [3.05, 3.63) is 58.7 Å². The number of carbonyl (C=O) groups excluding carboxylic acids is 2. The van der Waals surface area contributed by atoms with Crippen molar-refractivity contribution < 1.29 is 28.5 Å². The molecule has 0 radical (unpaired) electrons. The minimum Gasteiger partial charge on any atom is -0.493 e. The van der Waals surface area contributed by atoms with Gasteiger partial charge in [-0.15, -0.1) is 0 Å². The number of rotatable bonds is 11. The summed E-state index contributed by atoms with van der Waals surface area (Å²) in [6, 6.07) is 11.4. The molecule has 0 N–H and O–H groups in total. The molecule has 0 saturated heterocycles. The topological polar surface area (TPSA) is 89.9 Å². The fourth-order valence-electron chi connectivity index (χ4n) is 4.10. The molecule has 9 nitrogen and oxygen atoms in total. The number of ether oxygens (including phenoxy) is 4. The van der Waals surface area contributed by atoms with Gasteiger partial charge in [0.2, 0.25) is 5.91 Å². The molecule has 0 spiro atoms. The normalized spacial score (nSPS) is 15.0. The van der Waals surface area contributed by atoms with Crippen molar-refractivity contribution in [2.24, 2.45) is 5.10 Å². The number of carbonyl (C=O) groups is 2. The lowest BCUT2D eigenvalue weighted by Crippen LogP contribution is -2.44. The van der Waals surface area contributed by atoms with Crippen molar-refractivity contribution in [1.82, 2.24) is 9.91 Å². The molecular weight excluding hydrogens is 462 g/mol. The van der Waals surface area contributed by atoms with Gasteiger partial charge in [0.15, 0.2) is 11.5 Å². The summed E-state index contributed by atoms with van der Waals surface area (Å²) in [5.41, 5.74) is 4.96. The summed E-state index contributed by atoms with van der Waals surface area (Å²) in [5.74, 6) is 0.583. The van der Waals surface area contributed by atoms with Crippen LogP contribution in [0.1, 0.15) is 34.7 Å². The third-order valence-electron chi connectivity index (χ3n) is 6.31. The molecule has 2 aromatic rings. The van der Waals surface area contributed by atoms with E-state index < -0.39 is 0 Å². The molecule has 1 atom stereocenters. The Hall–Kier alpha value is -3.43. The number of methoxy groups -OCH3 is 4. The highest BCUT2D eigenvalue weighted by atomic mass is 16.5. The highest BCUT2D eigenvalue weighted by Gasteiger charge is 2.35. The molecule has 0 aromatic heterocycles. The van der Waals surface area contributed by atoms with Gasteiger partial charge in [0.25, 0.3) is 5.91 Å². The quantitative estimate of drug-likeness (QED) is 0.474. The van der Waals surface area contributed by atoms with E-state index in [1.165, 1.54) is 22.6 Å². The average molecular weight is 498 g/mol. The van der Waals surface area contributed by atoms with Gasteiger partial charge in [0, 0.05) is 27.2 Å². The van der Waals surface area contributed by atoms with Crippen molar-refractivity contribution in [2.45, 2.75) is 26.3 Å². The first-order valence-corrected chi connectivity index (χ1v) is 11.8. The first-order chi connectivity index (χ1) is 17.3. The van der Waals surface area contributed by atoms with Crippen LogP contribution in [0.2, 0.25) is 0 Å². The molecule has 0 fully saturated rings. The van der Waals surface area contributed by atoms with Crippen LogP contribution in [0.25, 0.3) is 0 Å². The van der Waals surface area contributed by atoms with Crippen LogP contribution in [0.5, 0.6) is 11.5 Å². The van der Waals surface area contributed by atoms with Gasteiger partial charge < -0.3 is 23.8 Å². The van der Waals surface area contributed by atoms with Gasteiger partial charge >= 0.3 is 0 Å². The molecule has 0 unspecified atom stereocenters. The van der Waals surface area contributed by atoms with Gasteiger partial charge in [-0.25, -0.2) is 5.01 Å². The Morgan fingerprint density at radius 2 is 1.72 bits per heavy atom. The number of benzene rings is 2. The summed E-state index contributed by atoms with van der Waals surface area (Å²) < 4.78 is 21.0. The largest absolute Gasteiger partial charge is 0.493 e. The number of nitrogens with zero attached hydrogens (tertiary/aromatic N) is 3. The number of aryl methyl sites for hydroxylation is 2. The molecule has 1 heterocycles. The fourth-order valence-corrected chi connectivity index (χ4v) is 4.10. The minimum absolute atomic E-state index is 0.118. The molecule has 194 valence electrons. The first kappa shape index (κ1) is 27.2. The average Bonchev–Trinajstić information content (AvgIpc) is 3.33. The van der Waals surface area contributed by atoms with Gasteiger partial charge in [0.05, 0.1) is 32.6 Å². The minimum atomic E-state index is -0.365. The van der Waals surface area contributed by atoms with Gasteiger partial charge in [-0.3, -0.25) is 9.59 Å². The van der Waals surface area contributed by atoms with Gasteiger partial charge in [-0.05, 0) is 54.3 Å². The van der Waals surface area contributed by atoms with Crippen LogP contribution in [-0.2, 0) is 19.1 Å². The summed E-state index contributed by atoms with van der Waals surface area (Å²) in [7, 11) is 6.15. The third kappa shape index (κ3) is 6.22. The molecule has 1 aliphatic heterocycles. The lowest BCUT2D eigenvalue weighted by atomic mass is 9.96. The SMILES string of the molecule is COCCN(CC(=O)N1N=C(c2ccc(C)c(C)c2)C[C@@H]1c1ccc(OC)c(OC)c1)C(=O)COC. The Kier molecular flexibility index (Phi) is 9.44. The molecular formula is C27H35N3O6. The summed E-state index contributed by atoms with van der Waals surface area (Å²) in [4.78, 5) is 27.6. The zero-order chi connectivity index (χ0) is 26.2. The Bertz CT molecular complexity index is 1120. The summed E-state index contributed by atoms with van der Waals surface area (Å²) in [6.45, 7) is 4.43. The predicted octanol–water partition coefficient (Wildman–Crippen LogP) is 3.12. The molecule has 2 aromatic carbocycles. The number of hydrogen-bond donors (Lipinski definition) is 0. The van der Waals surface area contributed by atoms with Crippen LogP contribution in [0, 0.1) is 13.8 Å². The van der Waals surface area contributed by atoms with E-state index in [-0.39, 0.29) is 37.6 Å². The molecule has 3 rings (SSSR count). The van der Waals surface area contributed by atoms with Crippen molar-refractivity contribution >= 4 is 17.5 Å². The van der Waals surface area contributed by atoms with Gasteiger partial charge in [0.1, 0.15) is 13.2 Å². The van der Waals surface area contributed by atoms with E-state index in [1.807, 2.05) is 24.3 Å². The molecule has 1 aliphatic rings. The molecule has 0 bridgehead atoms. The molecule has 9 heteroatoms. The van der Waals surface area contributed by atoms with Crippen molar-refractivity contribution in [1.29, 1.82) is 0 Å². The summed E-state index contributed by atoms with van der Waals surface area (Å²) >= 11 is 0. The van der Waals surface area contributed by atoms with Gasteiger partial charge in [-0.1, -0.05) is 18.2 Å². The number of hydrazone groups is 1. The van der Waals surface area contributed by atoms with Crippen LogP contribution in [0.4, 0.5) is 0 Å². The van der Waals surface area contributed by atoms with Crippen molar-refractivity contribution in [3.8, 4) is 11.5 Å². The van der Waals surface area contributed by atoms with E-state index >= 15 is 0 Å². The maximum Gasteiger partial charge on any atom is 0.262 e. The van der Waals surface area contributed by atoms with E-state index in [4.69, 9.17) is 24.0 Å². The Morgan fingerprint density at radius 1 is 0.972 bits per heavy atom. The number of hydrogen-bond acceptors (Lipinski definition) is 7. The van der Waals surface area contributed by atoms with E-state index in [0.717, 1.165) is 22.4 Å². The maximum absolute atomic E-state index is 13.6. The second-order valence-corrected chi connectivity index (χ2v) is 8.66. The molecule has 0 aliphatic carbocycles. The van der Waals surface area contributed by atoms with Crippen molar-refractivity contribution in [3.63, 3.8) is 0 Å². The first-order valence-electron chi connectivity index (χ1n) is 11.8. The van der Waals surface area contributed by atoms with E-state index in [1.54, 1.807) is 21.3 Å². The second kappa shape index (κ2) is 12.5. The zero-order valence-corrected chi connectivity index (χ0v) is 21.9. The lowest BCUT2D eigenvalue weighted by Gasteiger charge is -2.27. The molecule has 0 saturated carbocycles. The summed E-state index contributed by atoms with van der Waals surface area (Å²) in [6.07, 6.45) is 0.522. The molecule has 36 heavy (non-hydrogen) atoms. The maximum atomic E-state index is 13.6. The zero-order valence-electron chi connectivity index (χ0n) is 21.9. The monoisotopic (exact) mass is 497 g/mol. The van der Waals surface area contributed by atoms with E-state index in [0.29, 0.717) is 24.5 Å². The second-order valence-electron chi connectivity index (χ2n) is 8.66. The van der Waals surface area contributed by atoms with Crippen LogP contribution in [-0.4, -0.2) is 82.2 Å². The Balaban J connectivity index is 1.97. The predicted molar refractivity (Wildman–Crippen MR) is 137 cm³/mol. The van der Waals surface area contributed by atoms with E-state index in [9.17, 15) is 9.59 Å². The van der Waals surface area contributed by atoms with Crippen LogP contribution < -0.4 is 9.47 Å². The Morgan fingerprint density at radius 3 is 2.36 bits per heavy atom. The van der Waals surface area contributed by atoms with Crippen LogP contribution in [0.15, 0.2) is 41.5 Å². The fraction of sp³-hybridized carbons (Fsp3) is 0.444. The standard InChI is InChI=1S/C27H35N3O6/c1-18-7-8-20(13-19(18)2)22-15-23(21-9-10-24(35-5)25(14-21)36-6)30(28-22)26(31)16-29(11-12-33-3)27(32)17-34-4/h7-10,13-14,23H,11-12,15-17H2,1-6H3/t23-/m1/s1. The highest BCUT2D eigenvalue weighted by molar-refractivity contribution is 6.03. The smallest absolute Gasteiger partial charge is 0.262 e. The lowest BCUT2D eigenvalue weighted by molar-refractivity contribution is -0.144. The molecule has 2 amide bonds. The van der Waals surface area contributed by atoms with Crippen LogP contribution >= 0.6 is 0 Å². The van der Waals surface area contributed by atoms with Gasteiger partial charge in [-0.2, -0.15) is 5.10 Å². The summed E-state index contributed by atoms with van der Waals surface area (Å²) in [5, 5.41) is 6.23.